The van der Waals surface area contributed by atoms with Crippen LogP contribution < -0.4 is 16.0 Å². The molecule has 2 aromatic carbocycles. The Morgan fingerprint density at radius 3 is 1.81 bits per heavy atom. The maximum atomic E-state index is 5.31. The molecule has 0 unspecified atom stereocenters. The molecule has 2 aromatic rings. The van der Waals surface area contributed by atoms with E-state index in [1.165, 1.54) is 0 Å². The van der Waals surface area contributed by atoms with Crippen molar-refractivity contribution in [2.24, 2.45) is 5.84 Å². The number of methoxy groups -OCH3 is 1. The van der Waals surface area contributed by atoms with Crippen LogP contribution in [-0.4, -0.2) is 7.11 Å². The van der Waals surface area contributed by atoms with E-state index >= 15 is 0 Å². The molecule has 0 aromatic heterocycles. The number of ether oxygens (including phenoxy) is 1. The molecule has 16 heavy (non-hydrogen) atoms. The Kier molecular flexibility index (Phi) is 3.08. The SMILES string of the molecule is COc1ccc(-c2ccc(NN)cc2)cc1. The van der Waals surface area contributed by atoms with Crippen LogP contribution >= 0.6 is 0 Å². The molecule has 0 saturated heterocycles. The van der Waals surface area contributed by atoms with Gasteiger partial charge in [-0.05, 0) is 35.4 Å². The fraction of sp³-hybridized carbons (Fsp3) is 0.0769. The van der Waals surface area contributed by atoms with Gasteiger partial charge < -0.3 is 10.2 Å². The quantitative estimate of drug-likeness (QED) is 0.610. The summed E-state index contributed by atoms with van der Waals surface area (Å²) in [7, 11) is 1.66. The third-order valence-corrected chi connectivity index (χ3v) is 2.47. The third-order valence-electron chi connectivity index (χ3n) is 2.47. The van der Waals surface area contributed by atoms with Crippen molar-refractivity contribution < 1.29 is 4.74 Å². The molecule has 0 heterocycles. The maximum absolute atomic E-state index is 5.31. The van der Waals surface area contributed by atoms with Gasteiger partial charge in [-0.15, -0.1) is 0 Å². The Hall–Kier alpha value is -2.00. The highest BCUT2D eigenvalue weighted by atomic mass is 16.5. The van der Waals surface area contributed by atoms with Crippen molar-refractivity contribution in [2.75, 3.05) is 12.5 Å². The summed E-state index contributed by atoms with van der Waals surface area (Å²) >= 11 is 0. The van der Waals surface area contributed by atoms with Crippen LogP contribution in [0.25, 0.3) is 11.1 Å². The monoisotopic (exact) mass is 214 g/mol. The Balaban J connectivity index is 2.28. The lowest BCUT2D eigenvalue weighted by molar-refractivity contribution is 0.415. The molecule has 3 heteroatoms. The Morgan fingerprint density at radius 2 is 1.38 bits per heavy atom. The Labute approximate surface area is 94.8 Å². The highest BCUT2D eigenvalue weighted by molar-refractivity contribution is 5.66. The van der Waals surface area contributed by atoms with Crippen LogP contribution in [0.15, 0.2) is 48.5 Å². The van der Waals surface area contributed by atoms with Crippen LogP contribution in [0.4, 0.5) is 5.69 Å². The first-order chi connectivity index (χ1) is 7.83. The molecule has 0 bridgehead atoms. The van der Waals surface area contributed by atoms with Gasteiger partial charge in [0.15, 0.2) is 0 Å². The number of nitrogens with two attached hydrogens (primary N) is 1. The van der Waals surface area contributed by atoms with Gasteiger partial charge in [0, 0.05) is 5.69 Å². The molecule has 0 amide bonds. The van der Waals surface area contributed by atoms with E-state index in [4.69, 9.17) is 10.6 Å². The van der Waals surface area contributed by atoms with Crippen molar-refractivity contribution in [1.82, 2.24) is 0 Å². The van der Waals surface area contributed by atoms with Gasteiger partial charge >= 0.3 is 0 Å². The zero-order valence-electron chi connectivity index (χ0n) is 9.10. The normalized spacial score (nSPS) is 9.88. The Morgan fingerprint density at radius 1 is 0.875 bits per heavy atom. The minimum atomic E-state index is 0.865. The molecule has 82 valence electrons. The summed E-state index contributed by atoms with van der Waals surface area (Å²) in [5.41, 5.74) is 5.82. The van der Waals surface area contributed by atoms with Gasteiger partial charge in [0.05, 0.1) is 7.11 Å². The Bertz CT molecular complexity index is 403. The molecule has 0 saturated carbocycles. The van der Waals surface area contributed by atoms with Crippen LogP contribution in [0, 0.1) is 0 Å². The van der Waals surface area contributed by atoms with Crippen molar-refractivity contribution in [2.45, 2.75) is 0 Å². The molecule has 2 rings (SSSR count). The number of hydrogen-bond donors (Lipinski definition) is 2. The zero-order valence-corrected chi connectivity index (χ0v) is 9.10. The summed E-state index contributed by atoms with van der Waals surface area (Å²) in [5, 5.41) is 0. The van der Waals surface area contributed by atoms with Crippen LogP contribution in [0.3, 0.4) is 0 Å². The summed E-state index contributed by atoms with van der Waals surface area (Å²) in [5.74, 6) is 6.17. The second kappa shape index (κ2) is 4.68. The van der Waals surface area contributed by atoms with E-state index in [0.29, 0.717) is 0 Å². The number of hydrazine groups is 1. The topological polar surface area (TPSA) is 47.3 Å². The van der Waals surface area contributed by atoms with Crippen molar-refractivity contribution in [1.29, 1.82) is 0 Å². The van der Waals surface area contributed by atoms with Crippen LogP contribution in [0.2, 0.25) is 0 Å². The van der Waals surface area contributed by atoms with Crippen molar-refractivity contribution >= 4 is 5.69 Å². The van der Waals surface area contributed by atoms with Gasteiger partial charge in [0.2, 0.25) is 0 Å². The molecule has 0 spiro atoms. The highest BCUT2D eigenvalue weighted by Gasteiger charge is 1.98. The standard InChI is InChI=1S/C13H14N2O/c1-16-13-8-4-11(5-9-13)10-2-6-12(15-14)7-3-10/h2-9,15H,14H2,1H3. The van der Waals surface area contributed by atoms with E-state index in [2.05, 4.69) is 5.43 Å². The average Bonchev–Trinajstić information content (AvgIpc) is 2.39. The van der Waals surface area contributed by atoms with E-state index in [-0.39, 0.29) is 0 Å². The fourth-order valence-electron chi connectivity index (χ4n) is 1.54. The van der Waals surface area contributed by atoms with Gasteiger partial charge in [-0.3, -0.25) is 5.84 Å². The average molecular weight is 214 g/mol. The van der Waals surface area contributed by atoms with Gasteiger partial charge in [0.25, 0.3) is 0 Å². The first-order valence-corrected chi connectivity index (χ1v) is 5.04. The van der Waals surface area contributed by atoms with E-state index in [0.717, 1.165) is 22.6 Å². The largest absolute Gasteiger partial charge is 0.497 e. The number of rotatable bonds is 3. The predicted octanol–water partition coefficient (Wildman–Crippen LogP) is 2.65. The molecule has 0 fully saturated rings. The first-order valence-electron chi connectivity index (χ1n) is 5.04. The lowest BCUT2D eigenvalue weighted by Gasteiger charge is -2.05. The number of nitrogens with one attached hydrogen (secondary N) is 1. The third kappa shape index (κ3) is 2.15. The summed E-state index contributed by atoms with van der Waals surface area (Å²) in [4.78, 5) is 0. The number of anilines is 1. The zero-order chi connectivity index (χ0) is 11.4. The predicted molar refractivity (Wildman–Crippen MR) is 66.2 cm³/mol. The van der Waals surface area contributed by atoms with Crippen molar-refractivity contribution in [3.63, 3.8) is 0 Å². The maximum Gasteiger partial charge on any atom is 0.118 e. The summed E-state index contributed by atoms with van der Waals surface area (Å²) in [6.45, 7) is 0. The molecule has 3 N–H and O–H groups in total. The van der Waals surface area contributed by atoms with Crippen LogP contribution in [-0.2, 0) is 0 Å². The first kappa shape index (κ1) is 10.5. The summed E-state index contributed by atoms with van der Waals surface area (Å²) < 4.78 is 5.12. The summed E-state index contributed by atoms with van der Waals surface area (Å²) in [6, 6.07) is 15.9. The molecular formula is C13H14N2O. The second-order valence-electron chi connectivity index (χ2n) is 3.45. The molecule has 0 atom stereocenters. The van der Waals surface area contributed by atoms with Gasteiger partial charge in [-0.2, -0.15) is 0 Å². The van der Waals surface area contributed by atoms with Crippen LogP contribution in [0.5, 0.6) is 5.75 Å². The lowest BCUT2D eigenvalue weighted by Crippen LogP contribution is -2.05. The molecule has 0 aliphatic rings. The highest BCUT2D eigenvalue weighted by Crippen LogP contribution is 2.23. The second-order valence-corrected chi connectivity index (χ2v) is 3.45. The van der Waals surface area contributed by atoms with Gasteiger partial charge in [0.1, 0.15) is 5.75 Å². The molecule has 3 nitrogen and oxygen atoms in total. The molecule has 0 radical (unpaired) electrons. The van der Waals surface area contributed by atoms with E-state index in [1.54, 1.807) is 7.11 Å². The number of nitrogen functional groups attached to an aromatic ring is 1. The van der Waals surface area contributed by atoms with Gasteiger partial charge in [-0.1, -0.05) is 24.3 Å². The van der Waals surface area contributed by atoms with Crippen molar-refractivity contribution in [3.8, 4) is 16.9 Å². The van der Waals surface area contributed by atoms with E-state index < -0.39 is 0 Å². The number of benzene rings is 2. The number of hydrogen-bond acceptors (Lipinski definition) is 3. The minimum Gasteiger partial charge on any atom is -0.497 e. The van der Waals surface area contributed by atoms with Gasteiger partial charge in [-0.25, -0.2) is 0 Å². The molecule has 0 aliphatic heterocycles. The van der Waals surface area contributed by atoms with E-state index in [9.17, 15) is 0 Å². The lowest BCUT2D eigenvalue weighted by atomic mass is 10.1. The minimum absolute atomic E-state index is 0.865. The molecule has 0 aliphatic carbocycles. The van der Waals surface area contributed by atoms with Crippen LogP contribution in [0.1, 0.15) is 0 Å². The van der Waals surface area contributed by atoms with Crippen molar-refractivity contribution in [3.05, 3.63) is 48.5 Å². The smallest absolute Gasteiger partial charge is 0.118 e. The molecular weight excluding hydrogens is 200 g/mol. The summed E-state index contributed by atoms with van der Waals surface area (Å²) in [6.07, 6.45) is 0. The fourth-order valence-corrected chi connectivity index (χ4v) is 1.54. The van der Waals surface area contributed by atoms with E-state index in [1.807, 2.05) is 48.5 Å².